The highest BCUT2D eigenvalue weighted by Gasteiger charge is 2.14. The van der Waals surface area contributed by atoms with E-state index in [1.807, 2.05) is 13.0 Å². The van der Waals surface area contributed by atoms with Gasteiger partial charge in [-0.05, 0) is 42.3 Å². The van der Waals surface area contributed by atoms with Crippen LogP contribution < -0.4 is 11.1 Å². The van der Waals surface area contributed by atoms with Crippen molar-refractivity contribution in [2.45, 2.75) is 13.3 Å². The van der Waals surface area contributed by atoms with Crippen molar-refractivity contribution in [2.75, 3.05) is 11.1 Å². The molecule has 0 spiro atoms. The Bertz CT molecular complexity index is 681. The van der Waals surface area contributed by atoms with Crippen LogP contribution in [0.3, 0.4) is 0 Å². The van der Waals surface area contributed by atoms with Crippen LogP contribution in [-0.2, 0) is 6.42 Å². The minimum absolute atomic E-state index is 0.121. The molecule has 2 aromatic rings. The quantitative estimate of drug-likeness (QED) is 0.814. The number of rotatable bonds is 3. The van der Waals surface area contributed by atoms with Crippen molar-refractivity contribution >= 4 is 33.2 Å². The first kappa shape index (κ1) is 15.4. The monoisotopic (exact) mass is 354 g/mol. The van der Waals surface area contributed by atoms with Gasteiger partial charge in [0.15, 0.2) is 0 Å². The number of hydrogen-bond donors (Lipinski definition) is 2. The van der Waals surface area contributed by atoms with E-state index in [0.717, 1.165) is 22.2 Å². The largest absolute Gasteiger partial charge is 0.394 e. The highest BCUT2D eigenvalue weighted by molar-refractivity contribution is 9.10. The first-order chi connectivity index (χ1) is 9.92. The summed E-state index contributed by atoms with van der Waals surface area (Å²) in [6, 6.07) is 7.21. The van der Waals surface area contributed by atoms with E-state index in [1.165, 1.54) is 0 Å². The Morgan fingerprint density at radius 2 is 1.86 bits per heavy atom. The molecule has 110 valence electrons. The SMILES string of the molecule is CCc1cc(Br)ccc1NC(=O)c1cc(F)c(N)c(F)c1. The lowest BCUT2D eigenvalue weighted by atomic mass is 10.1. The normalized spacial score (nSPS) is 10.5. The van der Waals surface area contributed by atoms with Crippen molar-refractivity contribution in [1.82, 2.24) is 0 Å². The molecule has 21 heavy (non-hydrogen) atoms. The van der Waals surface area contributed by atoms with E-state index in [1.54, 1.807) is 12.1 Å². The fraction of sp³-hybridized carbons (Fsp3) is 0.133. The van der Waals surface area contributed by atoms with E-state index >= 15 is 0 Å². The van der Waals surface area contributed by atoms with E-state index in [2.05, 4.69) is 21.2 Å². The third-order valence-electron chi connectivity index (χ3n) is 3.04. The van der Waals surface area contributed by atoms with Crippen LogP contribution in [0, 0.1) is 11.6 Å². The minimum atomic E-state index is -0.952. The van der Waals surface area contributed by atoms with Crippen LogP contribution in [0.1, 0.15) is 22.8 Å². The Balaban J connectivity index is 2.30. The van der Waals surface area contributed by atoms with Crippen molar-refractivity contribution in [2.24, 2.45) is 0 Å². The van der Waals surface area contributed by atoms with Gasteiger partial charge in [-0.15, -0.1) is 0 Å². The Kier molecular flexibility index (Phi) is 4.57. The Hall–Kier alpha value is -1.95. The lowest BCUT2D eigenvalue weighted by Gasteiger charge is -2.11. The molecule has 0 radical (unpaired) electrons. The molecule has 6 heteroatoms. The van der Waals surface area contributed by atoms with Crippen LogP contribution in [0.25, 0.3) is 0 Å². The van der Waals surface area contributed by atoms with Crippen molar-refractivity contribution in [3.8, 4) is 0 Å². The molecule has 2 aromatic carbocycles. The van der Waals surface area contributed by atoms with Gasteiger partial charge in [-0.1, -0.05) is 22.9 Å². The Morgan fingerprint density at radius 3 is 2.43 bits per heavy atom. The fourth-order valence-electron chi connectivity index (χ4n) is 1.89. The Morgan fingerprint density at radius 1 is 1.24 bits per heavy atom. The average molecular weight is 355 g/mol. The molecular weight excluding hydrogens is 342 g/mol. The Labute approximate surface area is 129 Å². The molecule has 1 amide bonds. The van der Waals surface area contributed by atoms with Crippen LogP contribution in [0.2, 0.25) is 0 Å². The number of nitrogen functional groups attached to an aromatic ring is 1. The van der Waals surface area contributed by atoms with Crippen molar-refractivity contribution < 1.29 is 13.6 Å². The summed E-state index contributed by atoms with van der Waals surface area (Å²) < 4.78 is 27.7. The molecule has 2 rings (SSSR count). The molecule has 0 aliphatic heterocycles. The average Bonchev–Trinajstić information content (AvgIpc) is 2.45. The van der Waals surface area contributed by atoms with E-state index in [4.69, 9.17) is 5.73 Å². The van der Waals surface area contributed by atoms with E-state index in [9.17, 15) is 13.6 Å². The molecule has 0 bridgehead atoms. The summed E-state index contributed by atoms with van der Waals surface area (Å²) in [5, 5.41) is 2.64. The second kappa shape index (κ2) is 6.22. The highest BCUT2D eigenvalue weighted by atomic mass is 79.9. The summed E-state index contributed by atoms with van der Waals surface area (Å²) in [5.41, 5.74) is 5.98. The maximum Gasteiger partial charge on any atom is 0.255 e. The number of nitrogens with two attached hydrogens (primary N) is 1. The van der Waals surface area contributed by atoms with Gasteiger partial charge in [-0.25, -0.2) is 8.78 Å². The van der Waals surface area contributed by atoms with E-state index < -0.39 is 23.2 Å². The summed E-state index contributed by atoms with van der Waals surface area (Å²) in [5.74, 6) is -2.50. The van der Waals surface area contributed by atoms with Gasteiger partial charge in [0.2, 0.25) is 0 Å². The summed E-state index contributed by atoms with van der Waals surface area (Å²) in [6.07, 6.45) is 0.708. The van der Waals surface area contributed by atoms with Gasteiger partial charge in [-0.2, -0.15) is 0 Å². The van der Waals surface area contributed by atoms with Crippen molar-refractivity contribution in [3.05, 3.63) is 57.6 Å². The number of hydrogen-bond acceptors (Lipinski definition) is 2. The molecule has 0 fully saturated rings. The maximum absolute atomic E-state index is 13.4. The van der Waals surface area contributed by atoms with Gasteiger partial charge in [0.1, 0.15) is 17.3 Å². The molecule has 3 N–H and O–H groups in total. The molecule has 0 aliphatic rings. The van der Waals surface area contributed by atoms with Crippen LogP contribution in [0.5, 0.6) is 0 Å². The molecule has 0 atom stereocenters. The van der Waals surface area contributed by atoms with Gasteiger partial charge in [-0.3, -0.25) is 4.79 Å². The first-order valence-corrected chi connectivity index (χ1v) is 7.06. The van der Waals surface area contributed by atoms with Crippen LogP contribution in [-0.4, -0.2) is 5.91 Å². The number of carbonyl (C=O) groups excluding carboxylic acids is 1. The second-order valence-electron chi connectivity index (χ2n) is 4.46. The molecule has 0 aliphatic carbocycles. The third-order valence-corrected chi connectivity index (χ3v) is 3.53. The predicted molar refractivity (Wildman–Crippen MR) is 82.2 cm³/mol. The lowest BCUT2D eigenvalue weighted by Crippen LogP contribution is -2.14. The van der Waals surface area contributed by atoms with E-state index in [0.29, 0.717) is 12.1 Å². The maximum atomic E-state index is 13.4. The second-order valence-corrected chi connectivity index (χ2v) is 5.38. The van der Waals surface area contributed by atoms with Gasteiger partial charge >= 0.3 is 0 Å². The topological polar surface area (TPSA) is 55.1 Å². The summed E-state index contributed by atoms with van der Waals surface area (Å²) in [4.78, 5) is 12.1. The number of carbonyl (C=O) groups is 1. The smallest absolute Gasteiger partial charge is 0.255 e. The molecule has 0 aromatic heterocycles. The summed E-state index contributed by atoms with van der Waals surface area (Å²) in [6.45, 7) is 1.94. The summed E-state index contributed by atoms with van der Waals surface area (Å²) >= 11 is 3.35. The van der Waals surface area contributed by atoms with Crippen molar-refractivity contribution in [3.63, 3.8) is 0 Å². The molecule has 0 saturated carbocycles. The predicted octanol–water partition coefficient (Wildman–Crippen LogP) is 4.12. The van der Waals surface area contributed by atoms with Crippen LogP contribution in [0.15, 0.2) is 34.8 Å². The number of aryl methyl sites for hydroxylation is 1. The van der Waals surface area contributed by atoms with Crippen molar-refractivity contribution in [1.29, 1.82) is 0 Å². The zero-order valence-electron chi connectivity index (χ0n) is 11.2. The van der Waals surface area contributed by atoms with Gasteiger partial charge < -0.3 is 11.1 Å². The number of halogens is 3. The number of amides is 1. The van der Waals surface area contributed by atoms with Gasteiger partial charge in [0.05, 0.1) is 0 Å². The molecule has 0 saturated heterocycles. The number of nitrogens with one attached hydrogen (secondary N) is 1. The summed E-state index contributed by atoms with van der Waals surface area (Å²) in [7, 11) is 0. The lowest BCUT2D eigenvalue weighted by molar-refractivity contribution is 0.102. The molecule has 3 nitrogen and oxygen atoms in total. The molecule has 0 unspecified atom stereocenters. The zero-order valence-corrected chi connectivity index (χ0v) is 12.8. The standard InChI is InChI=1S/C15H13BrF2N2O/c1-2-8-5-10(16)3-4-13(8)20-15(21)9-6-11(17)14(19)12(18)7-9/h3-7H,2,19H2,1H3,(H,20,21). The number of anilines is 2. The van der Waals surface area contributed by atoms with Gasteiger partial charge in [0, 0.05) is 15.7 Å². The fourth-order valence-corrected chi connectivity index (χ4v) is 2.30. The highest BCUT2D eigenvalue weighted by Crippen LogP contribution is 2.23. The number of benzene rings is 2. The molecular formula is C15H13BrF2N2O. The molecule has 0 heterocycles. The third kappa shape index (κ3) is 3.39. The first-order valence-electron chi connectivity index (χ1n) is 6.26. The minimum Gasteiger partial charge on any atom is -0.394 e. The van der Waals surface area contributed by atoms with E-state index in [-0.39, 0.29) is 5.56 Å². The van der Waals surface area contributed by atoms with Gasteiger partial charge in [0.25, 0.3) is 5.91 Å². The zero-order chi connectivity index (χ0) is 15.6. The van der Waals surface area contributed by atoms with Crippen LogP contribution in [0.4, 0.5) is 20.2 Å². The van der Waals surface area contributed by atoms with Crippen LogP contribution >= 0.6 is 15.9 Å².